The molecule has 2 saturated heterocycles. The summed E-state index contributed by atoms with van der Waals surface area (Å²) in [5.41, 5.74) is 1.07. The van der Waals surface area contributed by atoms with Crippen LogP contribution in [0.5, 0.6) is 0 Å². The highest BCUT2D eigenvalue weighted by molar-refractivity contribution is 5.89. The fourth-order valence-corrected chi connectivity index (χ4v) is 3.69. The quantitative estimate of drug-likeness (QED) is 0.882. The predicted octanol–water partition coefficient (Wildman–Crippen LogP) is 3.85. The lowest BCUT2D eigenvalue weighted by molar-refractivity contribution is -0.00539. The Morgan fingerprint density at radius 2 is 1.76 bits per heavy atom. The molecule has 0 radical (unpaired) electrons. The highest BCUT2D eigenvalue weighted by atomic mass is 19.1. The van der Waals surface area contributed by atoms with Gasteiger partial charge >= 0.3 is 6.03 Å². The molecular weight excluding hydrogens is 321 g/mol. The van der Waals surface area contributed by atoms with Gasteiger partial charge in [-0.25, -0.2) is 9.18 Å². The third-order valence-corrected chi connectivity index (χ3v) is 4.85. The van der Waals surface area contributed by atoms with Crippen LogP contribution in [0.1, 0.15) is 39.5 Å². The van der Waals surface area contributed by atoms with Crippen molar-refractivity contribution in [3.63, 3.8) is 0 Å². The van der Waals surface area contributed by atoms with Gasteiger partial charge in [-0.3, -0.25) is 0 Å². The Hall–Kier alpha value is -1.82. The number of anilines is 2. The SMILES string of the molecule is C[C@@H]1CN(c2ccc(NC(=O)N3CCCCCC3)cc2F)C[C@H](C)O1. The van der Waals surface area contributed by atoms with Gasteiger partial charge in [0, 0.05) is 31.9 Å². The summed E-state index contributed by atoms with van der Waals surface area (Å²) in [6.45, 7) is 6.88. The van der Waals surface area contributed by atoms with Gasteiger partial charge in [0.25, 0.3) is 0 Å². The molecule has 138 valence electrons. The number of nitrogens with zero attached hydrogens (tertiary/aromatic N) is 2. The maximum absolute atomic E-state index is 14.6. The number of rotatable bonds is 2. The number of ether oxygens (including phenoxy) is 1. The van der Waals surface area contributed by atoms with E-state index in [1.54, 1.807) is 12.1 Å². The molecule has 0 bridgehead atoms. The number of hydrogen-bond acceptors (Lipinski definition) is 3. The first-order chi connectivity index (χ1) is 12.0. The van der Waals surface area contributed by atoms with E-state index in [2.05, 4.69) is 5.32 Å². The zero-order chi connectivity index (χ0) is 17.8. The number of likely N-dealkylation sites (tertiary alicyclic amines) is 1. The maximum atomic E-state index is 14.6. The van der Waals surface area contributed by atoms with Gasteiger partial charge in [-0.15, -0.1) is 0 Å². The molecule has 3 rings (SSSR count). The van der Waals surface area contributed by atoms with Crippen molar-refractivity contribution in [2.75, 3.05) is 36.4 Å². The van der Waals surface area contributed by atoms with E-state index >= 15 is 0 Å². The zero-order valence-corrected chi connectivity index (χ0v) is 15.1. The molecule has 0 saturated carbocycles. The van der Waals surface area contributed by atoms with Crippen LogP contribution in [0.4, 0.5) is 20.6 Å². The van der Waals surface area contributed by atoms with E-state index in [0.29, 0.717) is 24.5 Å². The Labute approximate surface area is 149 Å². The molecule has 1 N–H and O–H groups in total. The molecule has 6 heteroatoms. The first-order valence-electron chi connectivity index (χ1n) is 9.29. The number of urea groups is 1. The lowest BCUT2D eigenvalue weighted by atomic mass is 10.2. The molecule has 0 unspecified atom stereocenters. The average Bonchev–Trinajstić information content (AvgIpc) is 2.83. The second kappa shape index (κ2) is 8.04. The van der Waals surface area contributed by atoms with Crippen molar-refractivity contribution in [3.05, 3.63) is 24.0 Å². The van der Waals surface area contributed by atoms with E-state index in [9.17, 15) is 9.18 Å². The molecule has 25 heavy (non-hydrogen) atoms. The van der Waals surface area contributed by atoms with Gasteiger partial charge in [0.15, 0.2) is 0 Å². The van der Waals surface area contributed by atoms with Gasteiger partial charge in [-0.1, -0.05) is 12.8 Å². The Kier molecular flexibility index (Phi) is 5.78. The highest BCUT2D eigenvalue weighted by Crippen LogP contribution is 2.26. The Balaban J connectivity index is 1.66. The zero-order valence-electron chi connectivity index (χ0n) is 15.1. The van der Waals surface area contributed by atoms with E-state index in [4.69, 9.17) is 4.74 Å². The number of benzene rings is 1. The third kappa shape index (κ3) is 4.63. The summed E-state index contributed by atoms with van der Waals surface area (Å²) in [4.78, 5) is 16.2. The van der Waals surface area contributed by atoms with Crippen molar-refractivity contribution in [3.8, 4) is 0 Å². The number of carbonyl (C=O) groups excluding carboxylic acids is 1. The van der Waals surface area contributed by atoms with Gasteiger partial charge in [0.2, 0.25) is 0 Å². The first kappa shape index (κ1) is 18.0. The summed E-state index contributed by atoms with van der Waals surface area (Å²) in [5.74, 6) is -0.310. The van der Waals surface area contributed by atoms with Crippen LogP contribution in [0.3, 0.4) is 0 Å². The molecule has 2 aliphatic heterocycles. The van der Waals surface area contributed by atoms with Gasteiger partial charge in [0.1, 0.15) is 5.82 Å². The van der Waals surface area contributed by atoms with Gasteiger partial charge < -0.3 is 19.9 Å². The standard InChI is InChI=1S/C19H28FN3O2/c1-14-12-23(13-15(2)25-14)18-8-7-16(11-17(18)20)21-19(24)22-9-5-3-4-6-10-22/h7-8,11,14-15H,3-6,9-10,12-13H2,1-2H3,(H,21,24)/t14-,15+. The van der Waals surface area contributed by atoms with E-state index in [1.165, 1.54) is 18.9 Å². The van der Waals surface area contributed by atoms with Gasteiger partial charge in [-0.2, -0.15) is 0 Å². The number of carbonyl (C=O) groups is 1. The van der Waals surface area contributed by atoms with Gasteiger partial charge in [-0.05, 0) is 44.9 Å². The van der Waals surface area contributed by atoms with Crippen molar-refractivity contribution in [2.24, 2.45) is 0 Å². The fraction of sp³-hybridized carbons (Fsp3) is 0.632. The predicted molar refractivity (Wildman–Crippen MR) is 97.7 cm³/mol. The lowest BCUT2D eigenvalue weighted by Gasteiger charge is -2.37. The van der Waals surface area contributed by atoms with Crippen molar-refractivity contribution in [1.29, 1.82) is 0 Å². The largest absolute Gasteiger partial charge is 0.372 e. The molecule has 5 nitrogen and oxygen atoms in total. The van der Waals surface area contributed by atoms with Crippen LogP contribution in [0.2, 0.25) is 0 Å². The highest BCUT2D eigenvalue weighted by Gasteiger charge is 2.24. The molecule has 0 aromatic heterocycles. The summed E-state index contributed by atoms with van der Waals surface area (Å²) in [7, 11) is 0. The number of amides is 2. The monoisotopic (exact) mass is 349 g/mol. The minimum atomic E-state index is -0.310. The minimum Gasteiger partial charge on any atom is -0.372 e. The molecule has 1 aromatic carbocycles. The molecule has 2 atom stereocenters. The maximum Gasteiger partial charge on any atom is 0.321 e. The smallest absolute Gasteiger partial charge is 0.321 e. The third-order valence-electron chi connectivity index (χ3n) is 4.85. The van der Waals surface area contributed by atoms with Crippen LogP contribution in [0.15, 0.2) is 18.2 Å². The summed E-state index contributed by atoms with van der Waals surface area (Å²) in [6.07, 6.45) is 4.56. The molecule has 0 aliphatic carbocycles. The summed E-state index contributed by atoms with van der Waals surface area (Å²) < 4.78 is 20.3. The summed E-state index contributed by atoms with van der Waals surface area (Å²) in [5, 5.41) is 2.83. The van der Waals surface area contributed by atoms with Crippen molar-refractivity contribution in [2.45, 2.75) is 51.7 Å². The van der Waals surface area contributed by atoms with E-state index in [1.807, 2.05) is 23.6 Å². The Bertz CT molecular complexity index is 592. The molecular formula is C19H28FN3O2. The summed E-state index contributed by atoms with van der Waals surface area (Å²) >= 11 is 0. The molecule has 2 fully saturated rings. The molecule has 0 spiro atoms. The molecule has 2 heterocycles. The Morgan fingerprint density at radius 1 is 1.12 bits per heavy atom. The number of nitrogens with one attached hydrogen (secondary N) is 1. The normalized spacial score (nSPS) is 24.8. The average molecular weight is 349 g/mol. The second-order valence-electron chi connectivity index (χ2n) is 7.16. The van der Waals surface area contributed by atoms with Crippen molar-refractivity contribution < 1.29 is 13.9 Å². The number of morpholine rings is 1. The van der Waals surface area contributed by atoms with Crippen LogP contribution in [-0.4, -0.2) is 49.3 Å². The number of halogens is 1. The Morgan fingerprint density at radius 3 is 2.36 bits per heavy atom. The first-order valence-corrected chi connectivity index (χ1v) is 9.29. The van der Waals surface area contributed by atoms with Crippen LogP contribution in [0, 0.1) is 5.82 Å². The molecule has 2 aliphatic rings. The molecule has 1 aromatic rings. The van der Waals surface area contributed by atoms with Crippen LogP contribution < -0.4 is 10.2 Å². The van der Waals surface area contributed by atoms with Crippen molar-refractivity contribution in [1.82, 2.24) is 4.90 Å². The fourth-order valence-electron chi connectivity index (χ4n) is 3.69. The van der Waals surface area contributed by atoms with Crippen molar-refractivity contribution >= 4 is 17.4 Å². The summed E-state index contributed by atoms with van der Waals surface area (Å²) in [6, 6.07) is 4.80. The van der Waals surface area contributed by atoms with Crippen LogP contribution in [-0.2, 0) is 4.74 Å². The van der Waals surface area contributed by atoms with Crippen LogP contribution in [0.25, 0.3) is 0 Å². The van der Waals surface area contributed by atoms with E-state index < -0.39 is 0 Å². The topological polar surface area (TPSA) is 44.8 Å². The lowest BCUT2D eigenvalue weighted by Crippen LogP contribution is -2.45. The minimum absolute atomic E-state index is 0.0746. The van der Waals surface area contributed by atoms with Gasteiger partial charge in [0.05, 0.1) is 17.9 Å². The van der Waals surface area contributed by atoms with Crippen LogP contribution >= 0.6 is 0 Å². The number of hydrogen-bond donors (Lipinski definition) is 1. The molecule has 2 amide bonds. The second-order valence-corrected chi connectivity index (χ2v) is 7.16. The van der Waals surface area contributed by atoms with E-state index in [-0.39, 0.29) is 24.1 Å². The van der Waals surface area contributed by atoms with E-state index in [0.717, 1.165) is 25.9 Å².